The second-order valence-corrected chi connectivity index (χ2v) is 4.57. The van der Waals surface area contributed by atoms with Gasteiger partial charge in [0.15, 0.2) is 17.7 Å². The molecule has 108 valence electrons. The second kappa shape index (κ2) is 5.40. The van der Waals surface area contributed by atoms with Gasteiger partial charge in [-0.15, -0.1) is 0 Å². The number of fused-ring (bicyclic) bond motifs is 1. The summed E-state index contributed by atoms with van der Waals surface area (Å²) in [6.07, 6.45) is -0.817. The Morgan fingerprint density at radius 3 is 2.86 bits per heavy atom. The molecule has 4 nitrogen and oxygen atoms in total. The third-order valence-corrected chi connectivity index (χ3v) is 3.14. The van der Waals surface area contributed by atoms with Gasteiger partial charge in [-0.05, 0) is 24.3 Å². The van der Waals surface area contributed by atoms with Gasteiger partial charge in [-0.2, -0.15) is 0 Å². The van der Waals surface area contributed by atoms with E-state index in [0.717, 1.165) is 11.8 Å². The summed E-state index contributed by atoms with van der Waals surface area (Å²) in [6, 6.07) is 10.8. The predicted octanol–water partition coefficient (Wildman–Crippen LogP) is 2.78. The molecule has 1 amide bonds. The van der Waals surface area contributed by atoms with E-state index in [1.807, 2.05) is 12.1 Å². The lowest BCUT2D eigenvalue weighted by Crippen LogP contribution is -2.41. The Labute approximate surface area is 119 Å². The highest BCUT2D eigenvalue weighted by Crippen LogP contribution is 2.28. The summed E-state index contributed by atoms with van der Waals surface area (Å²) in [5.74, 6) is -2.10. The lowest BCUT2D eigenvalue weighted by atomic mass is 10.2. The van der Waals surface area contributed by atoms with E-state index in [4.69, 9.17) is 4.74 Å². The molecular weight excluding hydrogens is 278 g/mol. The van der Waals surface area contributed by atoms with Crippen molar-refractivity contribution in [2.75, 3.05) is 17.2 Å². The van der Waals surface area contributed by atoms with Gasteiger partial charge < -0.3 is 15.4 Å². The molecule has 0 saturated carbocycles. The predicted molar refractivity (Wildman–Crippen MR) is 74.3 cm³/mol. The van der Waals surface area contributed by atoms with Crippen LogP contribution in [0.5, 0.6) is 5.75 Å². The maximum absolute atomic E-state index is 13.5. The zero-order valence-electron chi connectivity index (χ0n) is 10.9. The monoisotopic (exact) mass is 290 g/mol. The zero-order valence-corrected chi connectivity index (χ0v) is 10.9. The Hall–Kier alpha value is -2.63. The number of ether oxygens (including phenoxy) is 1. The molecule has 6 heteroatoms. The van der Waals surface area contributed by atoms with Gasteiger partial charge in [-0.1, -0.05) is 18.2 Å². The lowest BCUT2D eigenvalue weighted by Gasteiger charge is -2.26. The topological polar surface area (TPSA) is 50.4 Å². The van der Waals surface area contributed by atoms with Crippen LogP contribution in [-0.4, -0.2) is 18.6 Å². The number of nitrogens with one attached hydrogen (secondary N) is 2. The van der Waals surface area contributed by atoms with Crippen molar-refractivity contribution in [3.63, 3.8) is 0 Å². The molecule has 1 atom stereocenters. The molecule has 1 aliphatic heterocycles. The molecule has 3 rings (SSSR count). The van der Waals surface area contributed by atoms with Gasteiger partial charge in [0.05, 0.1) is 17.9 Å². The molecule has 1 unspecified atom stereocenters. The van der Waals surface area contributed by atoms with Crippen molar-refractivity contribution in [3.8, 4) is 5.75 Å². The number of hydrogen-bond donors (Lipinski definition) is 2. The molecule has 1 heterocycles. The molecule has 2 N–H and O–H groups in total. The Bertz CT molecular complexity index is 691. The molecule has 0 fully saturated rings. The summed E-state index contributed by atoms with van der Waals surface area (Å²) in [7, 11) is 0. The average molecular weight is 290 g/mol. The van der Waals surface area contributed by atoms with Crippen LogP contribution < -0.4 is 15.4 Å². The standard InChI is InChI=1S/C15H12F2N2O2/c16-9-4-3-6-11(14(9)17)19-15(20)13-8-18-10-5-1-2-7-12(10)21-13/h1-7,13,18H,8H2,(H,19,20). The third-order valence-electron chi connectivity index (χ3n) is 3.14. The van der Waals surface area contributed by atoms with Crippen LogP contribution in [0.15, 0.2) is 42.5 Å². The van der Waals surface area contributed by atoms with E-state index >= 15 is 0 Å². The average Bonchev–Trinajstić information content (AvgIpc) is 2.51. The smallest absolute Gasteiger partial charge is 0.267 e. The van der Waals surface area contributed by atoms with Crippen molar-refractivity contribution in [3.05, 3.63) is 54.1 Å². The minimum Gasteiger partial charge on any atom is -0.477 e. The van der Waals surface area contributed by atoms with Crippen molar-refractivity contribution in [1.29, 1.82) is 0 Å². The molecule has 1 aliphatic rings. The zero-order chi connectivity index (χ0) is 14.8. The van der Waals surface area contributed by atoms with E-state index in [0.29, 0.717) is 5.75 Å². The molecule has 2 aromatic carbocycles. The van der Waals surface area contributed by atoms with Crippen LogP contribution in [0.25, 0.3) is 0 Å². The molecule has 0 spiro atoms. The maximum Gasteiger partial charge on any atom is 0.267 e. The van der Waals surface area contributed by atoms with Crippen LogP contribution >= 0.6 is 0 Å². The largest absolute Gasteiger partial charge is 0.477 e. The van der Waals surface area contributed by atoms with Crippen molar-refractivity contribution >= 4 is 17.3 Å². The summed E-state index contributed by atoms with van der Waals surface area (Å²) < 4.78 is 32.2. The number of para-hydroxylation sites is 2. The molecule has 0 bridgehead atoms. The fraction of sp³-hybridized carbons (Fsp3) is 0.133. The minimum absolute atomic E-state index is 0.206. The second-order valence-electron chi connectivity index (χ2n) is 4.57. The van der Waals surface area contributed by atoms with Gasteiger partial charge in [-0.25, -0.2) is 8.78 Å². The van der Waals surface area contributed by atoms with Gasteiger partial charge in [-0.3, -0.25) is 4.79 Å². The van der Waals surface area contributed by atoms with Crippen molar-refractivity contribution in [2.24, 2.45) is 0 Å². The van der Waals surface area contributed by atoms with Crippen molar-refractivity contribution in [2.45, 2.75) is 6.10 Å². The highest BCUT2D eigenvalue weighted by Gasteiger charge is 2.26. The van der Waals surface area contributed by atoms with E-state index in [9.17, 15) is 13.6 Å². The van der Waals surface area contributed by atoms with Crippen LogP contribution in [0, 0.1) is 11.6 Å². The first kappa shape index (κ1) is 13.4. The first-order valence-corrected chi connectivity index (χ1v) is 6.39. The maximum atomic E-state index is 13.5. The first-order chi connectivity index (χ1) is 10.1. The van der Waals surface area contributed by atoms with Crippen molar-refractivity contribution < 1.29 is 18.3 Å². The van der Waals surface area contributed by atoms with Crippen LogP contribution in [-0.2, 0) is 4.79 Å². The Morgan fingerprint density at radius 2 is 2.00 bits per heavy atom. The number of carbonyl (C=O) groups excluding carboxylic acids is 1. The summed E-state index contributed by atoms with van der Waals surface area (Å²) in [5.41, 5.74) is 0.584. The third kappa shape index (κ3) is 2.65. The number of halogens is 2. The van der Waals surface area contributed by atoms with Crippen LogP contribution in [0.3, 0.4) is 0 Å². The van der Waals surface area contributed by atoms with Crippen LogP contribution in [0.2, 0.25) is 0 Å². The number of carbonyl (C=O) groups is 1. The van der Waals surface area contributed by atoms with Crippen molar-refractivity contribution in [1.82, 2.24) is 0 Å². The summed E-state index contributed by atoms with van der Waals surface area (Å²) >= 11 is 0. The van der Waals surface area contributed by atoms with Crippen LogP contribution in [0.1, 0.15) is 0 Å². The number of amides is 1. The number of benzene rings is 2. The lowest BCUT2D eigenvalue weighted by molar-refractivity contribution is -0.122. The molecule has 0 aliphatic carbocycles. The molecule has 0 saturated heterocycles. The summed E-state index contributed by atoms with van der Waals surface area (Å²) in [4.78, 5) is 12.1. The van der Waals surface area contributed by atoms with Gasteiger partial charge in [0.25, 0.3) is 5.91 Å². The molecule has 21 heavy (non-hydrogen) atoms. The van der Waals surface area contributed by atoms with Gasteiger partial charge >= 0.3 is 0 Å². The van der Waals surface area contributed by atoms with Gasteiger partial charge in [0.1, 0.15) is 5.75 Å². The Balaban J connectivity index is 1.74. The minimum atomic E-state index is -1.09. The number of hydrogen-bond acceptors (Lipinski definition) is 3. The fourth-order valence-electron chi connectivity index (χ4n) is 2.07. The first-order valence-electron chi connectivity index (χ1n) is 6.39. The Morgan fingerprint density at radius 1 is 1.19 bits per heavy atom. The molecular formula is C15H12F2N2O2. The normalized spacial score (nSPS) is 16.4. The molecule has 2 aromatic rings. The fourth-order valence-corrected chi connectivity index (χ4v) is 2.07. The molecule has 0 aromatic heterocycles. The van der Waals surface area contributed by atoms with Crippen LogP contribution in [0.4, 0.5) is 20.2 Å². The summed E-state index contributed by atoms with van der Waals surface area (Å²) in [6.45, 7) is 0.250. The quantitative estimate of drug-likeness (QED) is 0.894. The number of anilines is 2. The van der Waals surface area contributed by atoms with Gasteiger partial charge in [0, 0.05) is 0 Å². The highest BCUT2D eigenvalue weighted by molar-refractivity contribution is 5.95. The van der Waals surface area contributed by atoms with E-state index < -0.39 is 23.6 Å². The van der Waals surface area contributed by atoms with E-state index in [1.54, 1.807) is 12.1 Å². The highest BCUT2D eigenvalue weighted by atomic mass is 19.2. The number of rotatable bonds is 2. The van der Waals surface area contributed by atoms with E-state index in [2.05, 4.69) is 10.6 Å². The Kier molecular flexibility index (Phi) is 3.43. The SMILES string of the molecule is O=C(Nc1cccc(F)c1F)C1CNc2ccccc2O1. The van der Waals surface area contributed by atoms with E-state index in [-0.39, 0.29) is 12.2 Å². The summed E-state index contributed by atoms with van der Waals surface area (Å²) in [5, 5.41) is 5.38. The van der Waals surface area contributed by atoms with Gasteiger partial charge in [0.2, 0.25) is 0 Å². The van der Waals surface area contributed by atoms with E-state index in [1.165, 1.54) is 12.1 Å². The molecule has 0 radical (unpaired) electrons.